The van der Waals surface area contributed by atoms with E-state index in [2.05, 4.69) is 87.8 Å². The van der Waals surface area contributed by atoms with E-state index >= 15 is 0 Å². The first-order valence-electron chi connectivity index (χ1n) is 19.7. The molecule has 10 atom stereocenters. The smallest absolute Gasteiger partial charge is 0.305 e. The lowest BCUT2D eigenvalue weighted by atomic mass is 9.82. The molecule has 0 aromatic carbocycles. The fourth-order valence-corrected chi connectivity index (χ4v) is 9.74. The second-order valence-corrected chi connectivity index (χ2v) is 28.4. The van der Waals surface area contributed by atoms with E-state index in [0.717, 1.165) is 49.5 Å². The summed E-state index contributed by atoms with van der Waals surface area (Å²) in [5, 5.41) is 0.0929. The molecule has 0 spiro atoms. The number of hydrogen-bond acceptors (Lipinski definition) is 9. The van der Waals surface area contributed by atoms with Crippen molar-refractivity contribution >= 4 is 28.9 Å². The average molecular weight is 767 g/mol. The van der Waals surface area contributed by atoms with E-state index < -0.39 is 16.6 Å². The molecule has 0 aromatic rings. The van der Waals surface area contributed by atoms with Crippen molar-refractivity contribution in [3.8, 4) is 0 Å². The normalized spacial score (nSPS) is 31.2. The molecule has 3 heterocycles. The van der Waals surface area contributed by atoms with Crippen molar-refractivity contribution < 1.29 is 42.1 Å². The number of carbonyl (C=O) groups is 2. The standard InChI is InChI=1S/C41H74O9Si2/c1-27-21-31(18-19-34-28(2)22-30(47-34)17-16-20-42)48-35(29(27)3)25-36-33(24-38(43)44-10)39(45-11)37(49-36)23-32(50-52(14,15)41(7,8)9)26-46-51(12,13)40(4,5)6/h20,27,30-37,39H,2-3,16-19,21-26H2,1,4-15H3/t27-,30?,31+,32+,33+,34+,35-,36+,37-,39-/m1/s1. The summed E-state index contributed by atoms with van der Waals surface area (Å²) >= 11 is 0. The summed E-state index contributed by atoms with van der Waals surface area (Å²) < 4.78 is 45.2. The molecule has 3 rings (SSSR count). The molecular formula is C41H74O9Si2. The van der Waals surface area contributed by atoms with Crippen LogP contribution in [-0.4, -0.2) is 98.5 Å². The molecule has 0 aromatic heterocycles. The van der Waals surface area contributed by atoms with Crippen LogP contribution < -0.4 is 0 Å². The lowest BCUT2D eigenvalue weighted by molar-refractivity contribution is -0.143. The van der Waals surface area contributed by atoms with Gasteiger partial charge in [-0.05, 0) is 85.4 Å². The highest BCUT2D eigenvalue weighted by molar-refractivity contribution is 6.74. The predicted molar refractivity (Wildman–Crippen MR) is 213 cm³/mol. The molecule has 0 aliphatic carbocycles. The van der Waals surface area contributed by atoms with Gasteiger partial charge in [0.15, 0.2) is 16.6 Å². The minimum Gasteiger partial charge on any atom is -0.469 e. The van der Waals surface area contributed by atoms with Crippen LogP contribution in [0.1, 0.15) is 106 Å². The van der Waals surface area contributed by atoms with E-state index in [4.69, 9.17) is 32.5 Å². The fraction of sp³-hybridized carbons (Fsp3) is 0.854. The summed E-state index contributed by atoms with van der Waals surface area (Å²) in [6, 6.07) is 0. The Morgan fingerprint density at radius 2 is 1.54 bits per heavy atom. The Kier molecular flexibility index (Phi) is 16.2. The van der Waals surface area contributed by atoms with E-state index in [1.54, 1.807) is 7.11 Å². The molecule has 52 heavy (non-hydrogen) atoms. The maximum absolute atomic E-state index is 12.8. The van der Waals surface area contributed by atoms with E-state index in [9.17, 15) is 9.59 Å². The summed E-state index contributed by atoms with van der Waals surface area (Å²) in [7, 11) is -1.08. The zero-order valence-corrected chi connectivity index (χ0v) is 37.0. The van der Waals surface area contributed by atoms with Crippen LogP contribution in [0.15, 0.2) is 24.3 Å². The van der Waals surface area contributed by atoms with E-state index in [-0.39, 0.29) is 83.1 Å². The van der Waals surface area contributed by atoms with Crippen LogP contribution in [0.5, 0.6) is 0 Å². The second-order valence-electron chi connectivity index (χ2n) is 18.8. The van der Waals surface area contributed by atoms with Crippen molar-refractivity contribution in [3.63, 3.8) is 0 Å². The van der Waals surface area contributed by atoms with Crippen molar-refractivity contribution in [2.75, 3.05) is 20.8 Å². The number of methoxy groups -OCH3 is 2. The summed E-state index contributed by atoms with van der Waals surface area (Å²) in [4.78, 5) is 23.7. The van der Waals surface area contributed by atoms with Gasteiger partial charge in [0.2, 0.25) is 0 Å². The third-order valence-corrected chi connectivity index (χ3v) is 21.9. The quantitative estimate of drug-likeness (QED) is 0.0586. The number of carbonyl (C=O) groups excluding carboxylic acids is 2. The minimum atomic E-state index is -2.17. The fourth-order valence-electron chi connectivity index (χ4n) is 7.36. The Balaban J connectivity index is 1.80. The van der Waals surface area contributed by atoms with E-state index in [1.807, 2.05) is 0 Å². The van der Waals surface area contributed by atoms with Crippen molar-refractivity contribution in [1.29, 1.82) is 0 Å². The number of hydrogen-bond donors (Lipinski definition) is 0. The molecular weight excluding hydrogens is 693 g/mol. The molecule has 0 bridgehead atoms. The van der Waals surface area contributed by atoms with Gasteiger partial charge in [-0.15, -0.1) is 0 Å². The first kappa shape index (κ1) is 45.2. The molecule has 9 nitrogen and oxygen atoms in total. The van der Waals surface area contributed by atoms with Gasteiger partial charge in [-0.25, -0.2) is 0 Å². The maximum atomic E-state index is 12.8. The van der Waals surface area contributed by atoms with Gasteiger partial charge in [0.25, 0.3) is 0 Å². The molecule has 3 aliphatic heterocycles. The van der Waals surface area contributed by atoms with Gasteiger partial charge in [-0.2, -0.15) is 0 Å². The molecule has 0 radical (unpaired) electrons. The van der Waals surface area contributed by atoms with Gasteiger partial charge < -0.3 is 37.3 Å². The van der Waals surface area contributed by atoms with Gasteiger partial charge in [-0.3, -0.25) is 4.79 Å². The molecule has 0 N–H and O–H groups in total. The van der Waals surface area contributed by atoms with E-state index in [0.29, 0.717) is 25.9 Å². The number of ether oxygens (including phenoxy) is 5. The number of aldehydes is 1. The predicted octanol–water partition coefficient (Wildman–Crippen LogP) is 8.96. The Bertz CT molecular complexity index is 1210. The molecule has 0 amide bonds. The van der Waals surface area contributed by atoms with Crippen molar-refractivity contribution in [3.05, 3.63) is 24.3 Å². The third kappa shape index (κ3) is 11.9. The van der Waals surface area contributed by atoms with Gasteiger partial charge in [0, 0.05) is 32.3 Å². The Hall–Kier alpha value is -1.19. The molecule has 3 fully saturated rings. The van der Waals surface area contributed by atoms with Crippen LogP contribution in [0.25, 0.3) is 0 Å². The van der Waals surface area contributed by atoms with Crippen molar-refractivity contribution in [2.24, 2.45) is 11.8 Å². The van der Waals surface area contributed by atoms with Gasteiger partial charge in [0.05, 0.1) is 69.0 Å². The lowest BCUT2D eigenvalue weighted by Crippen LogP contribution is -2.49. The second kappa shape index (κ2) is 18.6. The van der Waals surface area contributed by atoms with Gasteiger partial charge in [0.1, 0.15) is 6.29 Å². The number of rotatable bonds is 18. The zero-order chi connectivity index (χ0) is 39.2. The monoisotopic (exact) mass is 766 g/mol. The highest BCUT2D eigenvalue weighted by atomic mass is 28.4. The summed E-state index contributed by atoms with van der Waals surface area (Å²) in [6.07, 6.45) is 5.72. The van der Waals surface area contributed by atoms with E-state index in [1.165, 1.54) is 7.11 Å². The van der Waals surface area contributed by atoms with Crippen LogP contribution in [0.4, 0.5) is 0 Å². The molecule has 3 aliphatic rings. The molecule has 3 saturated heterocycles. The van der Waals surface area contributed by atoms with Crippen LogP contribution in [0.2, 0.25) is 36.3 Å². The van der Waals surface area contributed by atoms with Crippen LogP contribution in [0.3, 0.4) is 0 Å². The van der Waals surface area contributed by atoms with Crippen molar-refractivity contribution in [1.82, 2.24) is 0 Å². The third-order valence-electron chi connectivity index (χ3n) is 12.8. The maximum Gasteiger partial charge on any atom is 0.305 e. The first-order valence-corrected chi connectivity index (χ1v) is 25.5. The summed E-state index contributed by atoms with van der Waals surface area (Å²) in [6.45, 7) is 34.1. The highest BCUT2D eigenvalue weighted by Gasteiger charge is 2.50. The SMILES string of the molecule is C=C1CC(CCC=O)O[C@H]1CC[C@H]1C[C@@H](C)C(=C)[C@@H](C[C@@H]2O[C@H](C[C@@H](CO[Si](C)(C)C(C)(C)C)O[Si](C)(C)C(C)(C)C)[C@H](OC)[C@H]2CC(=O)OC)O1. The Morgan fingerprint density at radius 3 is 2.12 bits per heavy atom. The molecule has 1 unspecified atom stereocenters. The average Bonchev–Trinajstić information content (AvgIpc) is 3.56. The van der Waals surface area contributed by atoms with Crippen LogP contribution in [-0.2, 0) is 42.1 Å². The van der Waals surface area contributed by atoms with Gasteiger partial charge in [-0.1, -0.05) is 61.6 Å². The van der Waals surface area contributed by atoms with Crippen molar-refractivity contribution in [2.45, 2.75) is 191 Å². The highest BCUT2D eigenvalue weighted by Crippen LogP contribution is 2.44. The topological polar surface area (TPSA) is 98.8 Å². The van der Waals surface area contributed by atoms with Crippen LogP contribution in [0, 0.1) is 11.8 Å². The number of esters is 1. The lowest BCUT2D eigenvalue weighted by Gasteiger charge is -2.42. The zero-order valence-electron chi connectivity index (χ0n) is 35.0. The molecule has 11 heteroatoms. The molecule has 0 saturated carbocycles. The largest absolute Gasteiger partial charge is 0.469 e. The Labute approximate surface area is 318 Å². The Morgan fingerprint density at radius 1 is 0.904 bits per heavy atom. The van der Waals surface area contributed by atoms with Gasteiger partial charge >= 0.3 is 5.97 Å². The summed E-state index contributed by atoms with van der Waals surface area (Å²) in [5.41, 5.74) is 2.17. The summed E-state index contributed by atoms with van der Waals surface area (Å²) in [5.74, 6) is -0.224. The minimum absolute atomic E-state index is 0.00735. The molecule has 300 valence electrons. The first-order chi connectivity index (χ1) is 24.0. The van der Waals surface area contributed by atoms with Crippen LogP contribution >= 0.6 is 0 Å².